The molecule has 4 aromatic carbocycles. The van der Waals surface area contributed by atoms with Crippen LogP contribution in [0.1, 0.15) is 30.5 Å². The quantitative estimate of drug-likeness (QED) is 0.0795. The highest BCUT2D eigenvalue weighted by atomic mass is 16.7. The third kappa shape index (κ3) is 7.38. The number of para-hydroxylation sites is 1. The zero-order chi connectivity index (χ0) is 36.0. The van der Waals surface area contributed by atoms with Gasteiger partial charge in [0.05, 0.1) is 17.1 Å². The number of fused-ring (bicyclic) bond motifs is 1. The molecule has 7 rings (SSSR count). The highest BCUT2D eigenvalue weighted by Gasteiger charge is 2.24. The van der Waals surface area contributed by atoms with Crippen molar-refractivity contribution in [2.75, 3.05) is 24.5 Å². The molecule has 1 atom stereocenters. The molecule has 10 nitrogen and oxygen atoms in total. The van der Waals surface area contributed by atoms with Crippen LogP contribution < -0.4 is 15.7 Å². The van der Waals surface area contributed by atoms with E-state index >= 15 is 0 Å². The topological polar surface area (TPSA) is 135 Å². The van der Waals surface area contributed by atoms with Gasteiger partial charge < -0.3 is 25.3 Å². The molecule has 6 aromatic rings. The van der Waals surface area contributed by atoms with E-state index in [9.17, 15) is 14.7 Å². The van der Waals surface area contributed by atoms with Crippen molar-refractivity contribution < 1.29 is 19.5 Å². The van der Waals surface area contributed by atoms with Crippen molar-refractivity contribution in [1.29, 1.82) is 0 Å². The van der Waals surface area contributed by atoms with Crippen molar-refractivity contribution in [3.63, 3.8) is 0 Å². The van der Waals surface area contributed by atoms with E-state index in [1.165, 1.54) is 10.9 Å². The number of hydrogen-bond acceptors (Lipinski definition) is 6. The lowest BCUT2D eigenvalue weighted by Crippen LogP contribution is -2.23. The van der Waals surface area contributed by atoms with E-state index < -0.39 is 12.1 Å². The number of carboxylic acid groups (broad SMARTS) is 1. The summed E-state index contributed by atoms with van der Waals surface area (Å²) in [6.07, 6.45) is 6.62. The van der Waals surface area contributed by atoms with E-state index in [0.717, 1.165) is 75.7 Å². The molecule has 262 valence electrons. The molecule has 0 fully saturated rings. The maximum Gasteiger partial charge on any atom is 0.339 e. The minimum absolute atomic E-state index is 0.145. The van der Waals surface area contributed by atoms with Gasteiger partial charge in [-0.2, -0.15) is 0 Å². The molecule has 0 radical (unpaired) electrons. The Balaban J connectivity index is 1.10. The predicted molar refractivity (Wildman–Crippen MR) is 206 cm³/mol. The molecular formula is C42H40N6O4. The number of aliphatic carboxylic acids is 1. The molecule has 5 N–H and O–H groups in total. The first kappa shape index (κ1) is 34.1. The predicted octanol–water partition coefficient (Wildman–Crippen LogP) is 7.44. The largest absolute Gasteiger partial charge is 0.479 e. The van der Waals surface area contributed by atoms with Gasteiger partial charge in [-0.3, -0.25) is 15.1 Å². The molecule has 0 saturated carbocycles. The molecule has 1 aliphatic rings. The van der Waals surface area contributed by atoms with Crippen LogP contribution in [0.5, 0.6) is 0 Å². The van der Waals surface area contributed by atoms with Crippen LogP contribution in [-0.2, 0) is 20.8 Å². The Labute approximate surface area is 301 Å². The average Bonchev–Trinajstić information content (AvgIpc) is 3.95. The maximum atomic E-state index is 12.6. The molecule has 1 aliphatic heterocycles. The summed E-state index contributed by atoms with van der Waals surface area (Å²) >= 11 is 0. The zero-order valence-electron chi connectivity index (χ0n) is 29.0. The number of nitrogens with one attached hydrogen (secondary N) is 4. The van der Waals surface area contributed by atoms with Crippen molar-refractivity contribution in [1.82, 2.24) is 25.7 Å². The van der Waals surface area contributed by atoms with Crippen LogP contribution in [0.25, 0.3) is 56.6 Å². The number of benzene rings is 4. The number of anilines is 1. The minimum atomic E-state index is -1.06. The Hall–Kier alpha value is -6.39. The van der Waals surface area contributed by atoms with Crippen molar-refractivity contribution in [2.24, 2.45) is 0 Å². The second-order valence-corrected chi connectivity index (χ2v) is 12.5. The molecule has 10 heteroatoms. The van der Waals surface area contributed by atoms with E-state index in [0.29, 0.717) is 12.2 Å². The first-order valence-corrected chi connectivity index (χ1v) is 17.4. The summed E-state index contributed by atoms with van der Waals surface area (Å²) in [5, 5.41) is 13.4. The molecule has 52 heavy (non-hydrogen) atoms. The van der Waals surface area contributed by atoms with Crippen molar-refractivity contribution in [3.8, 4) is 33.9 Å². The Morgan fingerprint density at radius 3 is 2.29 bits per heavy atom. The van der Waals surface area contributed by atoms with Gasteiger partial charge in [0.1, 0.15) is 5.82 Å². The SMILES string of the molecule is CCN(CC)c1ccc(-c2nc(-c3ccc(C4=CC(C(=O)O)ON4)cc3)c(-c3ccc(C=CC(=O)NCCc4c[nH]c5ccccc45)cc3)[nH]2)cc1. The summed E-state index contributed by atoms with van der Waals surface area (Å²) < 4.78 is 0. The lowest BCUT2D eigenvalue weighted by Gasteiger charge is -2.20. The zero-order valence-corrected chi connectivity index (χ0v) is 29.0. The van der Waals surface area contributed by atoms with Crippen molar-refractivity contribution >= 4 is 40.2 Å². The van der Waals surface area contributed by atoms with Crippen LogP contribution in [0.3, 0.4) is 0 Å². The lowest BCUT2D eigenvalue weighted by molar-refractivity contribution is -0.148. The Bertz CT molecular complexity index is 2250. The number of hydroxylamine groups is 1. The second kappa shape index (κ2) is 15.2. The molecule has 0 bridgehead atoms. The van der Waals surface area contributed by atoms with Gasteiger partial charge in [0.25, 0.3) is 0 Å². The number of aromatic nitrogens is 3. The second-order valence-electron chi connectivity index (χ2n) is 12.5. The summed E-state index contributed by atoms with van der Waals surface area (Å²) in [4.78, 5) is 43.3. The van der Waals surface area contributed by atoms with Gasteiger partial charge in [-0.15, -0.1) is 0 Å². The van der Waals surface area contributed by atoms with Crippen LogP contribution in [0.2, 0.25) is 0 Å². The van der Waals surface area contributed by atoms with Gasteiger partial charge >= 0.3 is 5.97 Å². The first-order valence-electron chi connectivity index (χ1n) is 17.4. The van der Waals surface area contributed by atoms with Gasteiger partial charge in [0.2, 0.25) is 12.0 Å². The summed E-state index contributed by atoms with van der Waals surface area (Å²) in [6, 6.07) is 32.3. The summed E-state index contributed by atoms with van der Waals surface area (Å²) in [7, 11) is 0. The fraction of sp³-hybridized carbons (Fsp3) is 0.167. The standard InChI is InChI=1S/C42H40N6O4/c1-3-48(4-2)33-20-18-31(19-21-33)41-45-39(40(46-41)30-16-14-28(15-17-30)36-25-37(42(50)51)52-47-36)29-12-9-27(10-13-29)11-22-38(49)43-24-23-32-26-44-35-8-6-5-7-34(32)35/h5-22,25-26,37,44,47H,3-4,23-24H2,1-2H3,(H,43,49)(H,45,46)(H,50,51). The number of hydrogen-bond donors (Lipinski definition) is 5. The van der Waals surface area contributed by atoms with Gasteiger partial charge in [-0.25, -0.2) is 9.78 Å². The van der Waals surface area contributed by atoms with Gasteiger partial charge in [0, 0.05) is 65.2 Å². The van der Waals surface area contributed by atoms with E-state index in [4.69, 9.17) is 9.82 Å². The molecule has 3 heterocycles. The summed E-state index contributed by atoms with van der Waals surface area (Å²) in [6.45, 7) is 6.69. The lowest BCUT2D eigenvalue weighted by atomic mass is 10.0. The molecular weight excluding hydrogens is 652 g/mol. The number of carbonyl (C=O) groups is 2. The number of nitrogens with zero attached hydrogens (tertiary/aromatic N) is 2. The fourth-order valence-corrected chi connectivity index (χ4v) is 6.43. The van der Waals surface area contributed by atoms with E-state index in [1.807, 2.05) is 79.0 Å². The number of carboxylic acids is 1. The molecule has 0 aliphatic carbocycles. The number of carbonyl (C=O) groups excluding carboxylic acids is 1. The first-order chi connectivity index (χ1) is 25.4. The fourth-order valence-electron chi connectivity index (χ4n) is 6.43. The molecule has 0 spiro atoms. The van der Waals surface area contributed by atoms with Crippen LogP contribution in [0.4, 0.5) is 5.69 Å². The number of H-pyrrole nitrogens is 2. The minimum Gasteiger partial charge on any atom is -0.479 e. The summed E-state index contributed by atoms with van der Waals surface area (Å²) in [5.41, 5.74) is 12.9. The Morgan fingerprint density at radius 1 is 0.885 bits per heavy atom. The van der Waals surface area contributed by atoms with E-state index in [1.54, 1.807) is 12.2 Å². The number of rotatable bonds is 13. The third-order valence-corrected chi connectivity index (χ3v) is 9.29. The van der Waals surface area contributed by atoms with Crippen LogP contribution in [-0.4, -0.2) is 57.7 Å². The Kier molecular flexibility index (Phi) is 9.99. The van der Waals surface area contributed by atoms with Gasteiger partial charge in [-0.05, 0) is 79.4 Å². The van der Waals surface area contributed by atoms with Crippen LogP contribution in [0, 0.1) is 0 Å². The third-order valence-electron chi connectivity index (χ3n) is 9.29. The smallest absolute Gasteiger partial charge is 0.339 e. The van der Waals surface area contributed by atoms with E-state index in [2.05, 4.69) is 69.8 Å². The monoisotopic (exact) mass is 692 g/mol. The Morgan fingerprint density at radius 2 is 1.58 bits per heavy atom. The van der Waals surface area contributed by atoms with Crippen molar-refractivity contribution in [3.05, 3.63) is 132 Å². The molecule has 1 unspecified atom stereocenters. The molecule has 0 saturated heterocycles. The highest BCUT2D eigenvalue weighted by Crippen LogP contribution is 2.35. The average molecular weight is 693 g/mol. The number of aromatic amines is 2. The maximum absolute atomic E-state index is 12.6. The van der Waals surface area contributed by atoms with Crippen LogP contribution >= 0.6 is 0 Å². The summed E-state index contributed by atoms with van der Waals surface area (Å²) in [5.74, 6) is -0.458. The normalized spacial score (nSPS) is 14.0. The van der Waals surface area contributed by atoms with Crippen molar-refractivity contribution in [2.45, 2.75) is 26.4 Å². The number of imidazole rings is 1. The molecule has 1 amide bonds. The van der Waals surface area contributed by atoms with E-state index in [-0.39, 0.29) is 5.91 Å². The number of amides is 1. The van der Waals surface area contributed by atoms with Gasteiger partial charge in [-0.1, -0.05) is 66.7 Å². The van der Waals surface area contributed by atoms with Crippen LogP contribution in [0.15, 0.2) is 115 Å². The highest BCUT2D eigenvalue weighted by molar-refractivity contribution is 5.92. The molecule has 2 aromatic heterocycles. The van der Waals surface area contributed by atoms with Gasteiger partial charge in [0.15, 0.2) is 0 Å².